The van der Waals surface area contributed by atoms with E-state index in [1.54, 1.807) is 6.07 Å². The molecule has 0 saturated carbocycles. The zero-order valence-corrected chi connectivity index (χ0v) is 7.23. The molecule has 0 fully saturated rings. The van der Waals surface area contributed by atoms with E-state index < -0.39 is 5.97 Å². The fourth-order valence-electron chi connectivity index (χ4n) is 1.50. The monoisotopic (exact) mass is 183 g/mol. The molecule has 1 aliphatic carbocycles. The number of carbonyl (C=O) groups is 1. The number of hydrogen-bond acceptors (Lipinski definition) is 3. The van der Waals surface area contributed by atoms with E-state index in [1.165, 1.54) is 11.3 Å². The minimum Gasteiger partial charge on any atom is -0.477 e. The van der Waals surface area contributed by atoms with E-state index in [-0.39, 0.29) is 6.04 Å². The number of carboxylic acids is 1. The Balaban J connectivity index is 2.43. The lowest BCUT2D eigenvalue weighted by Gasteiger charge is -1.98. The van der Waals surface area contributed by atoms with Crippen molar-refractivity contribution < 1.29 is 9.90 Å². The zero-order valence-electron chi connectivity index (χ0n) is 6.41. The van der Waals surface area contributed by atoms with Gasteiger partial charge in [0.2, 0.25) is 0 Å². The van der Waals surface area contributed by atoms with Crippen LogP contribution < -0.4 is 5.73 Å². The average molecular weight is 183 g/mol. The van der Waals surface area contributed by atoms with Gasteiger partial charge in [0, 0.05) is 10.9 Å². The van der Waals surface area contributed by atoms with Crippen molar-refractivity contribution in [1.82, 2.24) is 0 Å². The average Bonchev–Trinajstić information content (AvgIpc) is 2.53. The van der Waals surface area contributed by atoms with Crippen LogP contribution in [0.2, 0.25) is 0 Å². The highest BCUT2D eigenvalue weighted by molar-refractivity contribution is 7.14. The van der Waals surface area contributed by atoms with Crippen LogP contribution >= 0.6 is 11.3 Å². The molecule has 1 atom stereocenters. The van der Waals surface area contributed by atoms with Gasteiger partial charge in [-0.05, 0) is 24.5 Å². The fourth-order valence-corrected chi connectivity index (χ4v) is 2.59. The third-order valence-electron chi connectivity index (χ3n) is 2.13. The van der Waals surface area contributed by atoms with Crippen LogP contribution in [0, 0.1) is 0 Å². The van der Waals surface area contributed by atoms with Crippen LogP contribution in [0.4, 0.5) is 0 Å². The van der Waals surface area contributed by atoms with Crippen molar-refractivity contribution in [3.05, 3.63) is 21.4 Å². The van der Waals surface area contributed by atoms with Gasteiger partial charge in [-0.1, -0.05) is 0 Å². The van der Waals surface area contributed by atoms with Crippen LogP contribution in [-0.2, 0) is 6.42 Å². The topological polar surface area (TPSA) is 63.3 Å². The molecule has 0 radical (unpaired) electrons. The zero-order chi connectivity index (χ0) is 8.72. The summed E-state index contributed by atoms with van der Waals surface area (Å²) >= 11 is 1.35. The molecule has 1 aliphatic rings. The summed E-state index contributed by atoms with van der Waals surface area (Å²) in [6.07, 6.45) is 1.90. The van der Waals surface area contributed by atoms with Gasteiger partial charge in [0.15, 0.2) is 0 Å². The largest absolute Gasteiger partial charge is 0.477 e. The van der Waals surface area contributed by atoms with Gasteiger partial charge < -0.3 is 10.8 Å². The van der Waals surface area contributed by atoms with E-state index in [9.17, 15) is 4.79 Å². The molecule has 1 unspecified atom stereocenters. The van der Waals surface area contributed by atoms with E-state index in [0.29, 0.717) is 4.88 Å². The number of nitrogens with two attached hydrogens (primary N) is 1. The van der Waals surface area contributed by atoms with Crippen molar-refractivity contribution in [2.75, 3.05) is 0 Å². The molecule has 3 N–H and O–H groups in total. The van der Waals surface area contributed by atoms with Gasteiger partial charge in [-0.25, -0.2) is 4.79 Å². The Morgan fingerprint density at radius 1 is 1.75 bits per heavy atom. The molecular weight excluding hydrogens is 174 g/mol. The van der Waals surface area contributed by atoms with Gasteiger partial charge >= 0.3 is 5.97 Å². The number of aryl methyl sites for hydroxylation is 1. The van der Waals surface area contributed by atoms with Crippen molar-refractivity contribution in [2.24, 2.45) is 5.73 Å². The smallest absolute Gasteiger partial charge is 0.345 e. The van der Waals surface area contributed by atoms with Crippen molar-refractivity contribution in [3.63, 3.8) is 0 Å². The normalized spacial score (nSPS) is 20.9. The first-order valence-electron chi connectivity index (χ1n) is 3.80. The molecule has 0 spiro atoms. The van der Waals surface area contributed by atoms with Gasteiger partial charge in [-0.15, -0.1) is 11.3 Å². The van der Waals surface area contributed by atoms with Crippen LogP contribution in [0.5, 0.6) is 0 Å². The third-order valence-corrected chi connectivity index (χ3v) is 3.33. The first-order valence-corrected chi connectivity index (χ1v) is 4.61. The molecule has 1 heterocycles. The lowest BCUT2D eigenvalue weighted by molar-refractivity contribution is 0.0702. The Morgan fingerprint density at radius 2 is 2.50 bits per heavy atom. The summed E-state index contributed by atoms with van der Waals surface area (Å²) in [4.78, 5) is 12.1. The first kappa shape index (κ1) is 7.76. The summed E-state index contributed by atoms with van der Waals surface area (Å²) in [5, 5.41) is 8.70. The van der Waals surface area contributed by atoms with Gasteiger partial charge in [-0.2, -0.15) is 0 Å². The summed E-state index contributed by atoms with van der Waals surface area (Å²) in [6, 6.07) is 1.77. The fraction of sp³-hybridized carbons (Fsp3) is 0.375. The predicted octanol–water partition coefficient (Wildman–Crippen LogP) is 1.39. The second kappa shape index (κ2) is 2.57. The van der Waals surface area contributed by atoms with Crippen molar-refractivity contribution in [2.45, 2.75) is 18.9 Å². The maximum absolute atomic E-state index is 10.6. The molecule has 12 heavy (non-hydrogen) atoms. The van der Waals surface area contributed by atoms with Crippen LogP contribution in [0.1, 0.15) is 32.6 Å². The van der Waals surface area contributed by atoms with E-state index in [4.69, 9.17) is 10.8 Å². The molecule has 0 aliphatic heterocycles. The molecule has 1 aromatic heterocycles. The number of thiophene rings is 1. The number of aromatic carboxylic acids is 1. The molecule has 4 heteroatoms. The molecule has 1 aromatic rings. The Morgan fingerprint density at radius 3 is 3.08 bits per heavy atom. The van der Waals surface area contributed by atoms with E-state index in [2.05, 4.69) is 0 Å². The Labute approximate surface area is 73.8 Å². The summed E-state index contributed by atoms with van der Waals surface area (Å²) in [5.41, 5.74) is 6.81. The van der Waals surface area contributed by atoms with Crippen LogP contribution in [0.15, 0.2) is 6.07 Å². The van der Waals surface area contributed by atoms with Gasteiger partial charge in [-0.3, -0.25) is 0 Å². The number of carboxylic acid groups (broad SMARTS) is 1. The molecule has 3 nitrogen and oxygen atoms in total. The van der Waals surface area contributed by atoms with Gasteiger partial charge in [0.05, 0.1) is 0 Å². The van der Waals surface area contributed by atoms with Crippen molar-refractivity contribution >= 4 is 17.3 Å². The standard InChI is InChI=1S/C8H9NO2S/c9-5-1-2-6-4(5)3-7(12-6)8(10)11/h3,5H,1-2,9H2,(H,10,11). The highest BCUT2D eigenvalue weighted by atomic mass is 32.1. The summed E-state index contributed by atoms with van der Waals surface area (Å²) in [5.74, 6) is -0.846. The number of rotatable bonds is 1. The van der Waals surface area contributed by atoms with Gasteiger partial charge in [0.25, 0.3) is 0 Å². The third kappa shape index (κ3) is 1.04. The maximum Gasteiger partial charge on any atom is 0.345 e. The minimum absolute atomic E-state index is 0.0596. The maximum atomic E-state index is 10.6. The first-order chi connectivity index (χ1) is 5.68. The summed E-state index contributed by atoms with van der Waals surface area (Å²) in [7, 11) is 0. The van der Waals surface area contributed by atoms with Crippen LogP contribution in [0.25, 0.3) is 0 Å². The number of fused-ring (bicyclic) bond motifs is 1. The predicted molar refractivity (Wildman–Crippen MR) is 46.5 cm³/mol. The molecule has 0 aromatic carbocycles. The Hall–Kier alpha value is -0.870. The summed E-state index contributed by atoms with van der Waals surface area (Å²) < 4.78 is 0. The molecule has 64 valence electrons. The minimum atomic E-state index is -0.846. The SMILES string of the molecule is NC1CCc2sc(C(=O)O)cc21. The second-order valence-corrected chi connectivity index (χ2v) is 4.08. The summed E-state index contributed by atoms with van der Waals surface area (Å²) in [6.45, 7) is 0. The molecule has 2 rings (SSSR count). The lowest BCUT2D eigenvalue weighted by Crippen LogP contribution is -2.04. The van der Waals surface area contributed by atoms with Crippen LogP contribution in [-0.4, -0.2) is 11.1 Å². The van der Waals surface area contributed by atoms with Gasteiger partial charge in [0.1, 0.15) is 4.88 Å². The molecular formula is C8H9NO2S. The highest BCUT2D eigenvalue weighted by Crippen LogP contribution is 2.35. The second-order valence-electron chi connectivity index (χ2n) is 2.94. The Kier molecular flexibility index (Phi) is 1.66. The van der Waals surface area contributed by atoms with E-state index in [0.717, 1.165) is 23.3 Å². The van der Waals surface area contributed by atoms with Crippen LogP contribution in [0.3, 0.4) is 0 Å². The van der Waals surface area contributed by atoms with E-state index >= 15 is 0 Å². The van der Waals surface area contributed by atoms with Crippen molar-refractivity contribution in [3.8, 4) is 0 Å². The highest BCUT2D eigenvalue weighted by Gasteiger charge is 2.23. The molecule has 0 bridgehead atoms. The number of hydrogen-bond donors (Lipinski definition) is 2. The Bertz CT molecular complexity index is 332. The van der Waals surface area contributed by atoms with E-state index in [1.807, 2.05) is 0 Å². The molecule has 0 saturated heterocycles. The lowest BCUT2D eigenvalue weighted by atomic mass is 10.2. The molecule has 0 amide bonds. The quantitative estimate of drug-likeness (QED) is 0.691. The van der Waals surface area contributed by atoms with Crippen molar-refractivity contribution in [1.29, 1.82) is 0 Å².